The molecular formula is C3H8O6S. The molecule has 7 heteroatoms. The van der Waals surface area contributed by atoms with Crippen LogP contribution in [0.4, 0.5) is 0 Å². The van der Waals surface area contributed by atoms with Crippen molar-refractivity contribution in [2.75, 3.05) is 13.2 Å². The van der Waals surface area contributed by atoms with Gasteiger partial charge in [-0.3, -0.25) is 13.9 Å². The zero-order valence-electron chi connectivity index (χ0n) is 4.93. The molecule has 0 amide bonds. The Kier molecular flexibility index (Phi) is 10.7. The molecule has 0 unspecified atom stereocenters. The molecule has 0 rings (SSSR count). The van der Waals surface area contributed by atoms with Crippen molar-refractivity contribution in [1.82, 2.24) is 0 Å². The Bertz CT molecular complexity index is 102. The van der Waals surface area contributed by atoms with Crippen LogP contribution in [-0.2, 0) is 16.2 Å². The highest BCUT2D eigenvalue weighted by atomic mass is 32.2. The molecule has 0 aliphatic carbocycles. The van der Waals surface area contributed by atoms with Gasteiger partial charge >= 0.3 is 0 Å². The van der Waals surface area contributed by atoms with Gasteiger partial charge in [0.2, 0.25) is 0 Å². The third kappa shape index (κ3) is 25.4. The minimum atomic E-state index is -2.61. The van der Waals surface area contributed by atoms with Gasteiger partial charge in [-0.05, 0) is 0 Å². The molecule has 0 spiro atoms. The molecule has 0 bridgehead atoms. The first-order valence-electron chi connectivity index (χ1n) is 2.08. The smallest absolute Gasteiger partial charge is 0.299 e. The van der Waals surface area contributed by atoms with Crippen LogP contribution in [0.5, 0.6) is 0 Å². The predicted octanol–water partition coefficient (Wildman–Crippen LogP) is -1.78. The van der Waals surface area contributed by atoms with Crippen molar-refractivity contribution in [2.45, 2.75) is 0 Å². The van der Waals surface area contributed by atoms with Crippen molar-refractivity contribution in [3.63, 3.8) is 0 Å². The standard InChI is InChI=1S/C3H6O3.H2O3S/c4-1-3(6)2-5;1-4(2)3/h4-5H,1-2H2;(H2,1,2,3). The average molecular weight is 172 g/mol. The second kappa shape index (κ2) is 8.66. The van der Waals surface area contributed by atoms with Gasteiger partial charge in [0, 0.05) is 0 Å². The molecule has 0 saturated carbocycles. The summed E-state index contributed by atoms with van der Waals surface area (Å²) in [4.78, 5) is 9.68. The molecule has 4 N–H and O–H groups in total. The molecule has 0 aromatic carbocycles. The Labute approximate surface area is 59.6 Å². The van der Waals surface area contributed by atoms with E-state index in [1.165, 1.54) is 0 Å². The second-order valence-corrected chi connectivity index (χ2v) is 1.55. The van der Waals surface area contributed by atoms with Crippen LogP contribution in [-0.4, -0.2) is 42.5 Å². The monoisotopic (exact) mass is 172 g/mol. The topological polar surface area (TPSA) is 115 Å². The Morgan fingerprint density at radius 1 is 1.20 bits per heavy atom. The molecule has 0 aromatic rings. The van der Waals surface area contributed by atoms with E-state index >= 15 is 0 Å². The molecule has 0 aliphatic rings. The molecule has 0 heterocycles. The van der Waals surface area contributed by atoms with Crippen molar-refractivity contribution < 1.29 is 28.3 Å². The van der Waals surface area contributed by atoms with Gasteiger partial charge in [-0.15, -0.1) is 0 Å². The number of aliphatic hydroxyl groups is 2. The summed E-state index contributed by atoms with van der Waals surface area (Å²) in [7, 11) is 0. The van der Waals surface area contributed by atoms with Gasteiger partial charge < -0.3 is 10.2 Å². The summed E-state index contributed by atoms with van der Waals surface area (Å²) in [6.07, 6.45) is 0. The van der Waals surface area contributed by atoms with Crippen molar-refractivity contribution in [1.29, 1.82) is 0 Å². The zero-order chi connectivity index (χ0) is 8.57. The fraction of sp³-hybridized carbons (Fsp3) is 0.667. The SMILES string of the molecule is O=C(CO)CO.O=S(O)O. The fourth-order valence-corrected chi connectivity index (χ4v) is 0.0500. The quantitative estimate of drug-likeness (QED) is 0.366. The Hall–Kier alpha value is -0.340. The van der Waals surface area contributed by atoms with Crippen molar-refractivity contribution in [3.8, 4) is 0 Å². The summed E-state index contributed by atoms with van der Waals surface area (Å²) in [5.74, 6) is -0.546. The molecule has 0 fully saturated rings. The van der Waals surface area contributed by atoms with E-state index < -0.39 is 30.4 Å². The lowest BCUT2D eigenvalue weighted by Gasteiger charge is -1.81. The minimum absolute atomic E-state index is 0.546. The zero-order valence-corrected chi connectivity index (χ0v) is 5.74. The summed E-state index contributed by atoms with van der Waals surface area (Å²) in [6, 6.07) is 0. The lowest BCUT2D eigenvalue weighted by molar-refractivity contribution is -0.124. The number of hydrogen-bond acceptors (Lipinski definition) is 4. The van der Waals surface area contributed by atoms with Crippen LogP contribution in [0.25, 0.3) is 0 Å². The van der Waals surface area contributed by atoms with Gasteiger partial charge in [0.25, 0.3) is 11.4 Å². The van der Waals surface area contributed by atoms with E-state index in [4.69, 9.17) is 23.5 Å². The van der Waals surface area contributed by atoms with Gasteiger partial charge in [0.05, 0.1) is 0 Å². The Morgan fingerprint density at radius 2 is 1.40 bits per heavy atom. The van der Waals surface area contributed by atoms with E-state index in [-0.39, 0.29) is 0 Å². The van der Waals surface area contributed by atoms with Crippen molar-refractivity contribution in [2.24, 2.45) is 0 Å². The summed E-state index contributed by atoms with van der Waals surface area (Å²) < 4.78 is 22.8. The summed E-state index contributed by atoms with van der Waals surface area (Å²) in [6.45, 7) is -1.12. The van der Waals surface area contributed by atoms with Crippen LogP contribution in [0.3, 0.4) is 0 Å². The van der Waals surface area contributed by atoms with Crippen LogP contribution in [0.15, 0.2) is 0 Å². The van der Waals surface area contributed by atoms with Gasteiger partial charge in [-0.1, -0.05) is 0 Å². The molecular weight excluding hydrogens is 164 g/mol. The van der Waals surface area contributed by atoms with Crippen LogP contribution in [0.1, 0.15) is 0 Å². The van der Waals surface area contributed by atoms with Crippen molar-refractivity contribution >= 4 is 17.1 Å². The Morgan fingerprint density at radius 3 is 1.40 bits per heavy atom. The largest absolute Gasteiger partial charge is 0.388 e. The Balaban J connectivity index is 0. The number of carbonyl (C=O) groups excluding carboxylic acids is 1. The highest BCUT2D eigenvalue weighted by Crippen LogP contribution is 1.59. The average Bonchev–Trinajstić information content (AvgIpc) is 1.85. The molecule has 6 nitrogen and oxygen atoms in total. The number of rotatable bonds is 2. The highest BCUT2D eigenvalue weighted by Gasteiger charge is 1.89. The third-order valence-corrected chi connectivity index (χ3v) is 0.353. The lowest BCUT2D eigenvalue weighted by atomic mass is 10.5. The molecule has 0 saturated heterocycles. The molecule has 62 valence electrons. The first-order valence-corrected chi connectivity index (χ1v) is 3.14. The van der Waals surface area contributed by atoms with E-state index in [0.717, 1.165) is 0 Å². The van der Waals surface area contributed by atoms with Crippen LogP contribution < -0.4 is 0 Å². The highest BCUT2D eigenvalue weighted by molar-refractivity contribution is 7.73. The van der Waals surface area contributed by atoms with Gasteiger partial charge in [0.15, 0.2) is 5.78 Å². The predicted molar refractivity (Wildman–Crippen MR) is 32.6 cm³/mol. The number of Topliss-reactive ketones (excluding diaryl/α,β-unsaturated/α-hetero) is 1. The second-order valence-electron chi connectivity index (χ2n) is 1.09. The number of ketones is 1. The van der Waals surface area contributed by atoms with E-state index in [1.54, 1.807) is 0 Å². The van der Waals surface area contributed by atoms with Crippen LogP contribution >= 0.6 is 0 Å². The van der Waals surface area contributed by atoms with Crippen LogP contribution in [0, 0.1) is 0 Å². The third-order valence-electron chi connectivity index (χ3n) is 0.353. The molecule has 0 aliphatic heterocycles. The van der Waals surface area contributed by atoms with Gasteiger partial charge in [0.1, 0.15) is 13.2 Å². The summed E-state index contributed by atoms with van der Waals surface area (Å²) in [5, 5.41) is 15.7. The normalized spacial score (nSPS) is 8.50. The maximum Gasteiger partial charge on any atom is 0.299 e. The van der Waals surface area contributed by atoms with E-state index in [1.807, 2.05) is 0 Å². The van der Waals surface area contributed by atoms with Crippen molar-refractivity contribution in [3.05, 3.63) is 0 Å². The first kappa shape index (κ1) is 12.3. The van der Waals surface area contributed by atoms with E-state index in [0.29, 0.717) is 0 Å². The number of hydrogen-bond donors (Lipinski definition) is 4. The summed E-state index contributed by atoms with van der Waals surface area (Å²) in [5.41, 5.74) is 0. The maximum atomic E-state index is 9.68. The lowest BCUT2D eigenvalue weighted by Crippen LogP contribution is -2.07. The fourth-order valence-electron chi connectivity index (χ4n) is 0.0500. The number of carbonyl (C=O) groups is 1. The number of aliphatic hydroxyl groups excluding tert-OH is 2. The molecule has 0 aromatic heterocycles. The maximum absolute atomic E-state index is 9.68. The summed E-state index contributed by atoms with van der Waals surface area (Å²) >= 11 is -2.61. The van der Waals surface area contributed by atoms with E-state index in [2.05, 4.69) is 0 Å². The molecule has 0 radical (unpaired) electrons. The molecule has 10 heavy (non-hydrogen) atoms. The molecule has 0 atom stereocenters. The van der Waals surface area contributed by atoms with Gasteiger partial charge in [-0.2, -0.15) is 4.21 Å². The first-order chi connectivity index (χ1) is 4.54. The van der Waals surface area contributed by atoms with Gasteiger partial charge in [-0.25, -0.2) is 0 Å². The van der Waals surface area contributed by atoms with Crippen LogP contribution in [0.2, 0.25) is 0 Å². The minimum Gasteiger partial charge on any atom is -0.388 e. The van der Waals surface area contributed by atoms with E-state index in [9.17, 15) is 4.79 Å².